The first-order valence-corrected chi connectivity index (χ1v) is 7.71. The van der Waals surface area contributed by atoms with Gasteiger partial charge in [-0.05, 0) is 20.8 Å². The van der Waals surface area contributed by atoms with Crippen LogP contribution in [0.2, 0.25) is 0 Å². The Morgan fingerprint density at radius 2 is 0.769 bits per heavy atom. The topological polar surface area (TPSA) is 35.5 Å². The molecule has 0 heterocycles. The molecule has 0 rings (SSSR count). The summed E-state index contributed by atoms with van der Waals surface area (Å²) in [6, 6.07) is 0. The van der Waals surface area contributed by atoms with Gasteiger partial charge >= 0.3 is 32.3 Å². The number of alkyl halides is 12. The normalized spacial score (nSPS) is 15.9. The number of rotatable bonds is 4. The Morgan fingerprint density at radius 3 is 0.885 bits per heavy atom. The van der Waals surface area contributed by atoms with Crippen LogP contribution in [-0.4, -0.2) is 42.1 Å². The second-order valence-electron chi connectivity index (χ2n) is 5.81. The lowest BCUT2D eigenvalue weighted by molar-refractivity contribution is -0.314. The number of halogens is 12. The smallest absolute Gasteiger partial charge is 0.285 e. The second kappa shape index (κ2) is 7.04. The average Bonchev–Trinajstić information content (AvgIpc) is 2.25. The molecule has 0 amide bonds. The summed E-state index contributed by atoms with van der Waals surface area (Å²) in [7, 11) is -6.28. The minimum absolute atomic E-state index is 0.487. The summed E-state index contributed by atoms with van der Waals surface area (Å²) in [4.78, 5) is 0. The van der Waals surface area contributed by atoms with E-state index in [2.05, 4.69) is 9.05 Å². The first-order valence-electron chi connectivity index (χ1n) is 6.17. The highest BCUT2D eigenvalue weighted by Crippen LogP contribution is 2.65. The van der Waals surface area contributed by atoms with Crippen molar-refractivity contribution in [2.75, 3.05) is 0 Å². The zero-order valence-corrected chi connectivity index (χ0v) is 13.8. The second-order valence-corrected chi connectivity index (χ2v) is 8.56. The molecule has 0 bridgehead atoms. The van der Waals surface area contributed by atoms with Crippen LogP contribution in [0.3, 0.4) is 0 Å². The van der Waals surface area contributed by atoms with Crippen LogP contribution in [0.1, 0.15) is 20.8 Å². The minimum atomic E-state index is -6.34. The lowest BCUT2D eigenvalue weighted by Gasteiger charge is -2.36. The third-order valence-electron chi connectivity index (χ3n) is 2.50. The van der Waals surface area contributed by atoms with Gasteiger partial charge in [0, 0.05) is 0 Å². The molecule has 0 aliphatic rings. The maximum atomic E-state index is 12.5. The van der Waals surface area contributed by atoms with E-state index < -0.39 is 49.7 Å². The van der Waals surface area contributed by atoms with E-state index in [1.54, 1.807) is 0 Å². The fourth-order valence-electron chi connectivity index (χ4n) is 1.23. The summed E-state index contributed by atoms with van der Waals surface area (Å²) < 4.78 is 168. The van der Waals surface area contributed by atoms with Gasteiger partial charge in [-0.3, -0.25) is 13.6 Å². The van der Waals surface area contributed by atoms with Crippen molar-refractivity contribution >= 4 is 7.60 Å². The average molecular weight is 438 g/mol. The van der Waals surface area contributed by atoms with Crippen molar-refractivity contribution in [2.45, 2.75) is 62.8 Å². The van der Waals surface area contributed by atoms with Crippen LogP contribution in [0.15, 0.2) is 0 Å². The first-order chi connectivity index (χ1) is 10.9. The Balaban J connectivity index is 6.21. The molecular weight excluding hydrogens is 427 g/mol. The number of hydrogen-bond acceptors (Lipinski definition) is 3. The van der Waals surface area contributed by atoms with Gasteiger partial charge in [0.15, 0.2) is 0 Å². The van der Waals surface area contributed by atoms with Crippen molar-refractivity contribution in [3.05, 3.63) is 0 Å². The SMILES string of the molecule is CC(C)(C)P(=O)(OC(C(F)(F)F)C(F)(F)F)OC(C(F)(F)F)C(F)(F)F. The molecule has 0 spiro atoms. The van der Waals surface area contributed by atoms with Crippen molar-refractivity contribution in [1.29, 1.82) is 0 Å². The van der Waals surface area contributed by atoms with Crippen LogP contribution in [0, 0.1) is 0 Å². The van der Waals surface area contributed by atoms with Crippen LogP contribution in [0.25, 0.3) is 0 Å². The van der Waals surface area contributed by atoms with Crippen LogP contribution in [0.5, 0.6) is 0 Å². The minimum Gasteiger partial charge on any atom is -0.285 e. The molecule has 0 atom stereocenters. The van der Waals surface area contributed by atoms with Crippen LogP contribution >= 0.6 is 7.60 Å². The molecular formula is C10H11F12O3P. The quantitative estimate of drug-likeness (QED) is 0.399. The van der Waals surface area contributed by atoms with Gasteiger partial charge in [0.2, 0.25) is 0 Å². The zero-order valence-electron chi connectivity index (χ0n) is 12.9. The highest BCUT2D eigenvalue weighted by Gasteiger charge is 2.66. The number of hydrogen-bond donors (Lipinski definition) is 0. The van der Waals surface area contributed by atoms with Crippen LogP contribution < -0.4 is 0 Å². The Kier molecular flexibility index (Phi) is 6.86. The fourth-order valence-corrected chi connectivity index (χ4v) is 2.94. The zero-order chi connectivity index (χ0) is 21.6. The lowest BCUT2D eigenvalue weighted by atomic mass is 10.3. The van der Waals surface area contributed by atoms with Crippen molar-refractivity contribution in [1.82, 2.24) is 0 Å². The highest BCUT2D eigenvalue weighted by atomic mass is 31.2. The van der Waals surface area contributed by atoms with Gasteiger partial charge in [0.1, 0.15) is 0 Å². The summed E-state index contributed by atoms with van der Waals surface area (Å²) >= 11 is 0. The maximum absolute atomic E-state index is 12.5. The fraction of sp³-hybridized carbons (Fsp3) is 1.00. The molecule has 0 saturated heterocycles. The summed E-state index contributed by atoms with van der Waals surface area (Å²) in [5.74, 6) is 0. The molecule has 0 saturated carbocycles. The van der Waals surface area contributed by atoms with Gasteiger partial charge in [0.05, 0.1) is 5.16 Å². The van der Waals surface area contributed by atoms with Gasteiger partial charge in [0.25, 0.3) is 12.2 Å². The van der Waals surface area contributed by atoms with Gasteiger partial charge in [-0.25, -0.2) is 0 Å². The summed E-state index contributed by atoms with van der Waals surface area (Å²) in [6.07, 6.45) is -35.2. The van der Waals surface area contributed by atoms with E-state index in [1.807, 2.05) is 0 Å². The van der Waals surface area contributed by atoms with E-state index in [0.29, 0.717) is 20.8 Å². The molecule has 0 aromatic carbocycles. The molecule has 0 fully saturated rings. The summed E-state index contributed by atoms with van der Waals surface area (Å²) in [6.45, 7) is 1.46. The van der Waals surface area contributed by atoms with Crippen LogP contribution in [0.4, 0.5) is 52.7 Å². The van der Waals surface area contributed by atoms with E-state index in [-0.39, 0.29) is 0 Å². The van der Waals surface area contributed by atoms with E-state index in [4.69, 9.17) is 0 Å². The summed E-state index contributed by atoms with van der Waals surface area (Å²) in [5.41, 5.74) is 0. The Bertz CT molecular complexity index is 458. The summed E-state index contributed by atoms with van der Waals surface area (Å²) in [5, 5.41) is -2.60. The van der Waals surface area contributed by atoms with Crippen molar-refractivity contribution in [3.63, 3.8) is 0 Å². The van der Waals surface area contributed by atoms with Gasteiger partial charge in [-0.2, -0.15) is 52.7 Å². The largest absolute Gasteiger partial charge is 0.424 e. The molecule has 0 aromatic rings. The highest BCUT2D eigenvalue weighted by molar-refractivity contribution is 7.55. The van der Waals surface area contributed by atoms with Crippen molar-refractivity contribution in [3.8, 4) is 0 Å². The predicted molar refractivity (Wildman–Crippen MR) is 61.3 cm³/mol. The first kappa shape index (κ1) is 25.3. The molecule has 0 N–H and O–H groups in total. The monoisotopic (exact) mass is 438 g/mol. The van der Waals surface area contributed by atoms with Gasteiger partial charge in [-0.1, -0.05) is 0 Å². The molecule has 0 aromatic heterocycles. The lowest BCUT2D eigenvalue weighted by Crippen LogP contribution is -2.48. The van der Waals surface area contributed by atoms with Gasteiger partial charge in [-0.15, -0.1) is 0 Å². The van der Waals surface area contributed by atoms with E-state index in [9.17, 15) is 57.3 Å². The van der Waals surface area contributed by atoms with Gasteiger partial charge < -0.3 is 0 Å². The van der Waals surface area contributed by atoms with Crippen LogP contribution in [-0.2, 0) is 13.6 Å². The third-order valence-corrected chi connectivity index (χ3v) is 5.12. The molecule has 0 radical (unpaired) electrons. The van der Waals surface area contributed by atoms with E-state index in [1.165, 1.54) is 0 Å². The Labute approximate surface area is 138 Å². The molecule has 0 unspecified atom stereocenters. The maximum Gasteiger partial charge on any atom is 0.424 e. The molecule has 16 heteroatoms. The van der Waals surface area contributed by atoms with Crippen molar-refractivity contribution < 1.29 is 66.3 Å². The molecule has 3 nitrogen and oxygen atoms in total. The Hall–Kier alpha value is -0.690. The van der Waals surface area contributed by atoms with Crippen molar-refractivity contribution in [2.24, 2.45) is 0 Å². The molecule has 0 aliphatic carbocycles. The predicted octanol–water partition coefficient (Wildman–Crippen LogP) is 6.00. The standard InChI is InChI=1S/C10H11F12O3P/c1-6(2,3)26(23,24-4(7(11,12)13)8(14,15)16)25-5(9(17,18)19)10(20,21)22/h4-5H,1-3H3. The third kappa shape index (κ3) is 6.48. The van der Waals surface area contributed by atoms with E-state index in [0.717, 1.165) is 0 Å². The Morgan fingerprint density at radius 1 is 0.577 bits per heavy atom. The molecule has 0 aliphatic heterocycles. The van der Waals surface area contributed by atoms with E-state index >= 15 is 0 Å². The molecule has 158 valence electrons. The molecule has 26 heavy (non-hydrogen) atoms.